The Labute approximate surface area is 516 Å². The molecule has 0 atom stereocenters. The smallest absolute Gasteiger partial charge is 0.308 e. The van der Waals surface area contributed by atoms with E-state index in [1.54, 1.807) is 12.1 Å². The highest BCUT2D eigenvalue weighted by Gasteiger charge is 2.31. The first-order valence-corrected chi connectivity index (χ1v) is 29.4. The third kappa shape index (κ3) is 10.7. The van der Waals surface area contributed by atoms with Crippen LogP contribution in [0.4, 0.5) is 13.2 Å². The number of hydrogen-bond acceptors (Lipinski definition) is 8. The average Bonchev–Trinajstić information content (AvgIpc) is 1.84. The Bertz CT molecular complexity index is 4770. The maximum Gasteiger partial charge on any atom is 0.416 e. The molecule has 0 amide bonds. The number of aryl methyl sites for hydroxylation is 1. The second-order valence-electron chi connectivity index (χ2n) is 21.9. The number of alkyl halides is 3. The van der Waals surface area contributed by atoms with E-state index >= 15 is 0 Å². The molecule has 0 saturated carbocycles. The lowest BCUT2D eigenvalue weighted by Gasteiger charge is -2.21. The van der Waals surface area contributed by atoms with Crippen molar-refractivity contribution in [1.82, 2.24) is 44.4 Å². The van der Waals surface area contributed by atoms with Gasteiger partial charge in [0.2, 0.25) is 0 Å². The predicted octanol–water partition coefficient (Wildman–Crippen LogP) is 19.6. The van der Waals surface area contributed by atoms with Crippen molar-refractivity contribution in [2.75, 3.05) is 0 Å². The van der Waals surface area contributed by atoms with Gasteiger partial charge in [-0.15, -0.1) is 0 Å². The number of halogens is 3. The third-order valence-electron chi connectivity index (χ3n) is 16.0. The van der Waals surface area contributed by atoms with E-state index in [9.17, 15) is 13.2 Å². The average molecular weight is 1170 g/mol. The molecule has 428 valence electrons. The van der Waals surface area contributed by atoms with Crippen LogP contribution in [-0.4, -0.2) is 44.4 Å². The normalized spacial score (nSPS) is 11.6. The number of fused-ring (bicyclic) bond motifs is 3. The van der Waals surface area contributed by atoms with Crippen molar-refractivity contribution in [2.45, 2.75) is 13.1 Å². The zero-order valence-electron chi connectivity index (χ0n) is 48.3. The van der Waals surface area contributed by atoms with Gasteiger partial charge in [-0.25, -0.2) is 39.9 Å². The molecule has 90 heavy (non-hydrogen) atoms. The Kier molecular flexibility index (Phi) is 14.0. The summed E-state index contributed by atoms with van der Waals surface area (Å²) in [6.07, 6.45) is -4.58. The van der Waals surface area contributed by atoms with Gasteiger partial charge in [0.05, 0.1) is 33.7 Å². The van der Waals surface area contributed by atoms with Crippen LogP contribution < -0.4 is 0 Å². The van der Waals surface area contributed by atoms with Crippen molar-refractivity contribution < 1.29 is 13.2 Å². The molecule has 4 heterocycles. The monoisotopic (exact) mass is 1170 g/mol. The maximum atomic E-state index is 14.6. The minimum atomic E-state index is -4.58. The van der Waals surface area contributed by atoms with Crippen LogP contribution in [-0.2, 0) is 6.18 Å². The Morgan fingerprint density at radius 3 is 0.911 bits per heavy atom. The lowest BCUT2D eigenvalue weighted by molar-refractivity contribution is -0.137. The van der Waals surface area contributed by atoms with Crippen molar-refractivity contribution in [2.24, 2.45) is 0 Å². The van der Waals surface area contributed by atoms with E-state index in [2.05, 4.69) is 59.2 Å². The van der Waals surface area contributed by atoms with E-state index in [-0.39, 0.29) is 0 Å². The van der Waals surface area contributed by atoms with E-state index in [4.69, 9.17) is 39.9 Å². The number of benzene rings is 11. The fourth-order valence-electron chi connectivity index (χ4n) is 11.5. The van der Waals surface area contributed by atoms with Crippen LogP contribution in [0.25, 0.3) is 152 Å². The highest BCUT2D eigenvalue weighted by molar-refractivity contribution is 6.13. The van der Waals surface area contributed by atoms with Gasteiger partial charge in [-0.1, -0.05) is 224 Å². The van der Waals surface area contributed by atoms with Crippen molar-refractivity contribution in [3.05, 3.63) is 296 Å². The molecule has 0 unspecified atom stereocenters. The van der Waals surface area contributed by atoms with Crippen LogP contribution in [0.15, 0.2) is 285 Å². The molecule has 0 spiro atoms. The Morgan fingerprint density at radius 2 is 0.567 bits per heavy atom. The topological polar surface area (TPSA) is 108 Å². The lowest BCUT2D eigenvalue weighted by Crippen LogP contribution is -2.05. The minimum Gasteiger partial charge on any atom is -0.308 e. The van der Waals surface area contributed by atoms with Crippen LogP contribution in [0.3, 0.4) is 0 Å². The summed E-state index contributed by atoms with van der Waals surface area (Å²) < 4.78 is 46.1. The van der Waals surface area contributed by atoms with Crippen molar-refractivity contribution in [1.29, 1.82) is 0 Å². The van der Waals surface area contributed by atoms with Gasteiger partial charge < -0.3 is 4.57 Å². The quantitative estimate of drug-likeness (QED) is 0.119. The molecule has 0 fully saturated rings. The number of rotatable bonds is 12. The largest absolute Gasteiger partial charge is 0.416 e. The summed E-state index contributed by atoms with van der Waals surface area (Å²) >= 11 is 0. The van der Waals surface area contributed by atoms with Crippen LogP contribution in [0, 0.1) is 6.92 Å². The Balaban J connectivity index is 1.04. The van der Waals surface area contributed by atoms with Gasteiger partial charge in [-0.05, 0) is 84.8 Å². The molecule has 0 aliphatic rings. The summed E-state index contributed by atoms with van der Waals surface area (Å²) in [6, 6.07) is 91.6. The maximum absolute atomic E-state index is 14.6. The Morgan fingerprint density at radius 1 is 0.267 bits per heavy atom. The summed E-state index contributed by atoms with van der Waals surface area (Å²) in [7, 11) is 0. The molecule has 0 bridgehead atoms. The highest BCUT2D eigenvalue weighted by atomic mass is 19.4. The van der Waals surface area contributed by atoms with Gasteiger partial charge in [0, 0.05) is 72.0 Å². The summed E-state index contributed by atoms with van der Waals surface area (Å²) in [5.74, 6) is 3.41. The summed E-state index contributed by atoms with van der Waals surface area (Å²) in [5.41, 5.74) is 14.0. The molecule has 9 nitrogen and oxygen atoms in total. The fraction of sp³-hybridized carbons (Fsp3) is 0.0256. The second kappa shape index (κ2) is 23.1. The van der Waals surface area contributed by atoms with E-state index in [1.165, 1.54) is 0 Å². The van der Waals surface area contributed by atoms with Gasteiger partial charge >= 0.3 is 6.18 Å². The number of nitrogens with zero attached hydrogens (tertiary/aromatic N) is 9. The molecular weight excluding hydrogens is 1120 g/mol. The standard InChI is InChI=1S/C78H50F3N9/c1-49-32-34-50(35-33-49)62-46-60(77-82-66(52-20-8-2-9-21-52)48-67(83-77)53-22-10-3-11-23-53)47-63(51-36-40-61(41-37-51)78(79,80)81)70(62)90-68-42-38-58(75-86-71(54-24-12-4-13-25-54)84-72(87-75)55-26-14-5-15-27-55)44-64(68)65-45-59(39-43-69(65)90)76-88-73(56-28-16-6-17-29-56)85-74(89-76)57-30-18-7-19-31-57/h2-48H,1H3. The Hall–Kier alpha value is -11.9. The van der Waals surface area contributed by atoms with Crippen LogP contribution in [0.1, 0.15) is 11.1 Å². The van der Waals surface area contributed by atoms with E-state index < -0.39 is 11.7 Å². The molecule has 15 rings (SSSR count). The number of aromatic nitrogens is 9. The summed E-state index contributed by atoms with van der Waals surface area (Å²) in [6.45, 7) is 2.04. The lowest BCUT2D eigenvalue weighted by atomic mass is 9.91. The minimum absolute atomic E-state index is 0.434. The SMILES string of the molecule is Cc1ccc(-c2cc(-c3nc(-c4ccccc4)cc(-c4ccccc4)n3)cc(-c3ccc(C(F)(F)F)cc3)c2-n2c3ccc(-c4nc(-c5ccccc5)nc(-c5ccccc5)n4)cc3c3cc(-c4nc(-c5ccccc5)nc(-c5ccccc5)n4)ccc32)cc1. The van der Waals surface area contributed by atoms with E-state index in [1.807, 2.05) is 213 Å². The summed E-state index contributed by atoms with van der Waals surface area (Å²) in [5, 5.41) is 1.66. The first-order valence-electron chi connectivity index (χ1n) is 29.4. The molecule has 0 radical (unpaired) electrons. The highest BCUT2D eigenvalue weighted by Crippen LogP contribution is 2.46. The summed E-state index contributed by atoms with van der Waals surface area (Å²) in [4.78, 5) is 41.3. The molecule has 0 aliphatic carbocycles. The van der Waals surface area contributed by atoms with Gasteiger partial charge in [0.15, 0.2) is 40.8 Å². The van der Waals surface area contributed by atoms with Crippen molar-refractivity contribution in [3.8, 4) is 130 Å². The molecular formula is C78H50F3N9. The van der Waals surface area contributed by atoms with Crippen molar-refractivity contribution in [3.63, 3.8) is 0 Å². The zero-order chi connectivity index (χ0) is 60.7. The predicted molar refractivity (Wildman–Crippen MR) is 353 cm³/mol. The fourth-order valence-corrected chi connectivity index (χ4v) is 11.5. The van der Waals surface area contributed by atoms with E-state index in [0.29, 0.717) is 74.5 Å². The van der Waals surface area contributed by atoms with Crippen LogP contribution in [0.5, 0.6) is 0 Å². The molecule has 12 heteroatoms. The molecule has 15 aromatic rings. The van der Waals surface area contributed by atoms with Gasteiger partial charge in [-0.3, -0.25) is 0 Å². The van der Waals surface area contributed by atoms with Crippen LogP contribution >= 0.6 is 0 Å². The van der Waals surface area contributed by atoms with E-state index in [0.717, 1.165) is 95.1 Å². The number of hydrogen-bond donors (Lipinski definition) is 0. The van der Waals surface area contributed by atoms with Gasteiger partial charge in [0.1, 0.15) is 0 Å². The molecule has 0 aliphatic heterocycles. The molecule has 0 N–H and O–H groups in total. The van der Waals surface area contributed by atoms with Crippen LogP contribution in [0.2, 0.25) is 0 Å². The first-order chi connectivity index (χ1) is 44.1. The van der Waals surface area contributed by atoms with Gasteiger partial charge in [-0.2, -0.15) is 13.2 Å². The van der Waals surface area contributed by atoms with Gasteiger partial charge in [0.25, 0.3) is 0 Å². The molecule has 4 aromatic heterocycles. The second-order valence-corrected chi connectivity index (χ2v) is 21.9. The molecule has 11 aromatic carbocycles. The molecule has 0 saturated heterocycles. The third-order valence-corrected chi connectivity index (χ3v) is 16.0. The zero-order valence-corrected chi connectivity index (χ0v) is 48.3. The van der Waals surface area contributed by atoms with Crippen molar-refractivity contribution >= 4 is 21.8 Å². The first kappa shape index (κ1) is 54.7.